The average molecular weight is 324 g/mol. The average Bonchev–Trinajstić information content (AvgIpc) is 3.00. The Hall–Kier alpha value is -2.48. The van der Waals surface area contributed by atoms with E-state index in [0.29, 0.717) is 16.3 Å². The number of amides is 1. The predicted octanol–water partition coefficient (Wildman–Crippen LogP) is 1.11. The zero-order chi connectivity index (χ0) is 16.3. The Labute approximate surface area is 131 Å². The number of hydrogen-bond donors (Lipinski definition) is 1. The Morgan fingerprint density at radius 3 is 2.77 bits per heavy atom. The summed E-state index contributed by atoms with van der Waals surface area (Å²) in [6.07, 6.45) is 1.36. The van der Waals surface area contributed by atoms with Crippen LogP contribution in [0.4, 0.5) is 0 Å². The van der Waals surface area contributed by atoms with E-state index in [1.807, 2.05) is 0 Å². The molecule has 1 atom stereocenters. The zero-order valence-electron chi connectivity index (χ0n) is 12.0. The summed E-state index contributed by atoms with van der Waals surface area (Å²) in [5, 5.41) is 20.2. The highest BCUT2D eigenvalue weighted by Gasteiger charge is 2.22. The normalized spacial score (nSPS) is 12.0. The van der Waals surface area contributed by atoms with Crippen LogP contribution in [0.3, 0.4) is 0 Å². The number of aromatic nitrogens is 4. The van der Waals surface area contributed by atoms with Gasteiger partial charge in [0.05, 0.1) is 17.2 Å². The molecule has 0 aliphatic rings. The molecule has 0 aliphatic carbocycles. The molecule has 0 fully saturated rings. The van der Waals surface area contributed by atoms with Crippen LogP contribution in [0, 0.1) is 5.92 Å². The van der Waals surface area contributed by atoms with Gasteiger partial charge < -0.3 is 10.0 Å². The number of aliphatic carboxylic acids is 1. The summed E-state index contributed by atoms with van der Waals surface area (Å²) >= 11 is 5.96. The lowest BCUT2D eigenvalue weighted by Gasteiger charge is -2.20. The molecule has 1 aromatic heterocycles. The van der Waals surface area contributed by atoms with E-state index in [-0.39, 0.29) is 12.5 Å². The molecule has 1 unspecified atom stereocenters. The van der Waals surface area contributed by atoms with Crippen molar-refractivity contribution in [3.8, 4) is 5.69 Å². The van der Waals surface area contributed by atoms with E-state index in [0.717, 1.165) is 0 Å². The fraction of sp³-hybridized carbons (Fsp3) is 0.308. The number of nitrogens with zero attached hydrogens (tertiary/aromatic N) is 5. The molecule has 1 aromatic carbocycles. The number of carboxylic acids is 1. The van der Waals surface area contributed by atoms with Gasteiger partial charge in [0.25, 0.3) is 5.91 Å². The second-order valence-electron chi connectivity index (χ2n) is 4.84. The van der Waals surface area contributed by atoms with Gasteiger partial charge in [0.1, 0.15) is 6.33 Å². The van der Waals surface area contributed by atoms with Crippen molar-refractivity contribution in [3.05, 3.63) is 35.1 Å². The van der Waals surface area contributed by atoms with Gasteiger partial charge in [0.2, 0.25) is 0 Å². The van der Waals surface area contributed by atoms with Crippen molar-refractivity contribution in [3.63, 3.8) is 0 Å². The maximum absolute atomic E-state index is 12.6. The molecular formula is C13H14ClN5O3. The van der Waals surface area contributed by atoms with Crippen LogP contribution in [0.15, 0.2) is 24.5 Å². The van der Waals surface area contributed by atoms with Crippen molar-refractivity contribution < 1.29 is 14.7 Å². The van der Waals surface area contributed by atoms with Crippen LogP contribution in [-0.2, 0) is 4.79 Å². The molecular weight excluding hydrogens is 310 g/mol. The Bertz CT molecular complexity index is 689. The smallest absolute Gasteiger partial charge is 0.308 e. The van der Waals surface area contributed by atoms with E-state index in [4.69, 9.17) is 16.7 Å². The minimum Gasteiger partial charge on any atom is -0.481 e. The summed E-state index contributed by atoms with van der Waals surface area (Å²) in [7, 11) is 1.53. The molecule has 1 N–H and O–H groups in total. The van der Waals surface area contributed by atoms with Gasteiger partial charge in [0, 0.05) is 18.6 Å². The van der Waals surface area contributed by atoms with E-state index >= 15 is 0 Å². The number of hydrogen-bond acceptors (Lipinski definition) is 5. The van der Waals surface area contributed by atoms with Crippen LogP contribution < -0.4 is 0 Å². The molecule has 0 spiro atoms. The maximum atomic E-state index is 12.6. The van der Waals surface area contributed by atoms with Crippen LogP contribution in [0.2, 0.25) is 5.02 Å². The van der Waals surface area contributed by atoms with Crippen LogP contribution in [0.5, 0.6) is 0 Å². The molecule has 0 saturated carbocycles. The van der Waals surface area contributed by atoms with Crippen molar-refractivity contribution >= 4 is 23.5 Å². The van der Waals surface area contributed by atoms with Crippen LogP contribution in [0.1, 0.15) is 17.3 Å². The molecule has 0 bridgehead atoms. The molecule has 0 aliphatic heterocycles. The number of tetrazole rings is 1. The minimum absolute atomic E-state index is 0.0791. The lowest BCUT2D eigenvalue weighted by molar-refractivity contribution is -0.141. The largest absolute Gasteiger partial charge is 0.481 e. The molecule has 0 radical (unpaired) electrons. The first-order valence-electron chi connectivity index (χ1n) is 6.41. The lowest BCUT2D eigenvalue weighted by atomic mass is 10.1. The van der Waals surface area contributed by atoms with Crippen molar-refractivity contribution in [1.82, 2.24) is 25.1 Å². The first kappa shape index (κ1) is 15.9. The van der Waals surface area contributed by atoms with Gasteiger partial charge in [-0.2, -0.15) is 4.68 Å². The highest BCUT2D eigenvalue weighted by Crippen LogP contribution is 2.20. The quantitative estimate of drug-likeness (QED) is 0.884. The van der Waals surface area contributed by atoms with Crippen LogP contribution >= 0.6 is 11.6 Å². The summed E-state index contributed by atoms with van der Waals surface area (Å²) < 4.78 is 1.35. The first-order chi connectivity index (χ1) is 10.4. The monoisotopic (exact) mass is 323 g/mol. The minimum atomic E-state index is -0.966. The molecule has 0 saturated heterocycles. The van der Waals surface area contributed by atoms with Gasteiger partial charge in [0.15, 0.2) is 0 Å². The van der Waals surface area contributed by atoms with Gasteiger partial charge in [-0.3, -0.25) is 9.59 Å². The van der Waals surface area contributed by atoms with Gasteiger partial charge in [-0.15, -0.1) is 5.10 Å². The second kappa shape index (κ2) is 6.52. The Kier molecular flexibility index (Phi) is 4.71. The van der Waals surface area contributed by atoms with Gasteiger partial charge in [-0.1, -0.05) is 18.5 Å². The van der Waals surface area contributed by atoms with Gasteiger partial charge >= 0.3 is 5.97 Å². The number of carbonyl (C=O) groups excluding carboxylic acids is 1. The van der Waals surface area contributed by atoms with Crippen molar-refractivity contribution in [2.24, 2.45) is 5.92 Å². The Morgan fingerprint density at radius 2 is 2.18 bits per heavy atom. The summed E-state index contributed by atoms with van der Waals surface area (Å²) in [5.41, 5.74) is 0.758. The molecule has 8 nitrogen and oxygen atoms in total. The fourth-order valence-corrected chi connectivity index (χ4v) is 2.10. The zero-order valence-corrected chi connectivity index (χ0v) is 12.7. The highest BCUT2D eigenvalue weighted by molar-refractivity contribution is 6.31. The number of carboxylic acid groups (broad SMARTS) is 1. The predicted molar refractivity (Wildman–Crippen MR) is 77.9 cm³/mol. The Balaban J connectivity index is 2.33. The molecule has 2 rings (SSSR count). The molecule has 1 amide bonds. The van der Waals surface area contributed by atoms with Crippen LogP contribution in [0.25, 0.3) is 5.69 Å². The third-order valence-electron chi connectivity index (χ3n) is 3.10. The molecule has 22 heavy (non-hydrogen) atoms. The van der Waals surface area contributed by atoms with E-state index in [2.05, 4.69) is 15.5 Å². The molecule has 116 valence electrons. The van der Waals surface area contributed by atoms with Crippen molar-refractivity contribution in [1.29, 1.82) is 0 Å². The van der Waals surface area contributed by atoms with Gasteiger partial charge in [-0.05, 0) is 28.6 Å². The van der Waals surface area contributed by atoms with Crippen molar-refractivity contribution in [2.45, 2.75) is 6.92 Å². The van der Waals surface area contributed by atoms with E-state index in [9.17, 15) is 9.59 Å². The number of rotatable bonds is 5. The van der Waals surface area contributed by atoms with E-state index in [1.165, 1.54) is 35.9 Å². The van der Waals surface area contributed by atoms with Gasteiger partial charge in [-0.25, -0.2) is 0 Å². The standard InChI is InChI=1S/C13H14ClN5O3/c1-8(13(21)22)6-18(2)12(20)10-5-9(14)3-4-11(10)19-7-15-16-17-19/h3-5,7-8H,6H2,1-2H3,(H,21,22). The fourth-order valence-electron chi connectivity index (χ4n) is 1.93. The SMILES string of the molecule is CC(CN(C)C(=O)c1cc(Cl)ccc1-n1cnnn1)C(=O)O. The van der Waals surface area contributed by atoms with E-state index < -0.39 is 11.9 Å². The summed E-state index contributed by atoms with van der Waals surface area (Å²) in [6, 6.07) is 4.75. The molecule has 9 heteroatoms. The van der Waals surface area contributed by atoms with Crippen molar-refractivity contribution in [2.75, 3.05) is 13.6 Å². The summed E-state index contributed by atoms with van der Waals surface area (Å²) in [6.45, 7) is 1.61. The molecule has 2 aromatic rings. The number of halogens is 1. The lowest BCUT2D eigenvalue weighted by Crippen LogP contribution is -2.34. The maximum Gasteiger partial charge on any atom is 0.308 e. The summed E-state index contributed by atoms with van der Waals surface area (Å²) in [5.74, 6) is -2.00. The third-order valence-corrected chi connectivity index (χ3v) is 3.34. The third kappa shape index (κ3) is 3.40. The topological polar surface area (TPSA) is 101 Å². The second-order valence-corrected chi connectivity index (χ2v) is 5.28. The Morgan fingerprint density at radius 1 is 1.45 bits per heavy atom. The van der Waals surface area contributed by atoms with Crippen LogP contribution in [-0.4, -0.2) is 55.7 Å². The van der Waals surface area contributed by atoms with E-state index in [1.54, 1.807) is 12.1 Å². The highest BCUT2D eigenvalue weighted by atomic mass is 35.5. The number of benzene rings is 1. The number of carbonyl (C=O) groups is 2. The summed E-state index contributed by atoms with van der Waals surface area (Å²) in [4.78, 5) is 24.8. The first-order valence-corrected chi connectivity index (χ1v) is 6.79. The molecule has 1 heterocycles.